The van der Waals surface area contributed by atoms with E-state index in [2.05, 4.69) is 15.5 Å². The van der Waals surface area contributed by atoms with Crippen LogP contribution in [-0.4, -0.2) is 28.7 Å². The second kappa shape index (κ2) is 7.76. The maximum absolute atomic E-state index is 13.6. The van der Waals surface area contributed by atoms with Gasteiger partial charge in [-0.1, -0.05) is 36.4 Å². The van der Waals surface area contributed by atoms with Crippen molar-refractivity contribution >= 4 is 17.4 Å². The Balaban J connectivity index is 1.41. The summed E-state index contributed by atoms with van der Waals surface area (Å²) in [6, 6.07) is 18.1. The van der Waals surface area contributed by atoms with Crippen LogP contribution in [0.5, 0.6) is 0 Å². The van der Waals surface area contributed by atoms with Crippen molar-refractivity contribution in [3.63, 3.8) is 0 Å². The summed E-state index contributed by atoms with van der Waals surface area (Å²) in [5.74, 6) is 0.196. The molecule has 1 unspecified atom stereocenters. The first-order valence-corrected chi connectivity index (χ1v) is 9.36. The number of benzene rings is 2. The number of nitrogens with zero attached hydrogens (tertiary/aromatic N) is 3. The fourth-order valence-corrected chi connectivity index (χ4v) is 3.57. The highest BCUT2D eigenvalue weighted by Crippen LogP contribution is 2.32. The molecule has 4 rings (SSSR count). The molecule has 3 aromatic rings. The topological polar surface area (TPSA) is 58.1 Å². The number of anilines is 2. The number of para-hydroxylation sites is 1. The van der Waals surface area contributed by atoms with Crippen molar-refractivity contribution in [2.75, 3.05) is 16.8 Å². The van der Waals surface area contributed by atoms with Crippen molar-refractivity contribution in [2.24, 2.45) is 0 Å². The zero-order valence-electron chi connectivity index (χ0n) is 15.6. The molecular formula is C22H21FN4O. The summed E-state index contributed by atoms with van der Waals surface area (Å²) in [5, 5.41) is 11.3. The average Bonchev–Trinajstić information content (AvgIpc) is 3.05. The zero-order chi connectivity index (χ0) is 19.5. The minimum Gasteiger partial charge on any atom is -0.368 e. The smallest absolute Gasteiger partial charge is 0.279 e. The molecule has 5 nitrogen and oxygen atoms in total. The van der Waals surface area contributed by atoms with Crippen LogP contribution in [-0.2, 0) is 12.8 Å². The molecule has 2 aromatic carbocycles. The summed E-state index contributed by atoms with van der Waals surface area (Å²) >= 11 is 0. The molecule has 0 fully saturated rings. The fraction of sp³-hybridized carbons (Fsp3) is 0.227. The molecule has 1 N–H and O–H groups in total. The van der Waals surface area contributed by atoms with E-state index in [9.17, 15) is 9.18 Å². The van der Waals surface area contributed by atoms with E-state index in [4.69, 9.17) is 0 Å². The van der Waals surface area contributed by atoms with E-state index in [0.717, 1.165) is 12.1 Å². The van der Waals surface area contributed by atoms with Gasteiger partial charge in [-0.2, -0.15) is 0 Å². The molecule has 0 spiro atoms. The van der Waals surface area contributed by atoms with E-state index < -0.39 is 0 Å². The lowest BCUT2D eigenvalue weighted by Crippen LogP contribution is -2.36. The van der Waals surface area contributed by atoms with Gasteiger partial charge < -0.3 is 10.2 Å². The van der Waals surface area contributed by atoms with E-state index in [0.29, 0.717) is 30.0 Å². The molecule has 0 aliphatic carbocycles. The minimum absolute atomic E-state index is 0.0882. The Bertz CT molecular complexity index is 990. The second-order valence-electron chi connectivity index (χ2n) is 6.93. The quantitative estimate of drug-likeness (QED) is 0.735. The monoisotopic (exact) mass is 376 g/mol. The molecule has 1 amide bonds. The normalized spacial score (nSPS) is 15.4. The number of hydrogen-bond acceptors (Lipinski definition) is 4. The summed E-state index contributed by atoms with van der Waals surface area (Å²) in [7, 11) is 0. The van der Waals surface area contributed by atoms with Crippen LogP contribution in [0.15, 0.2) is 60.7 Å². The van der Waals surface area contributed by atoms with Crippen LogP contribution in [0, 0.1) is 5.82 Å². The van der Waals surface area contributed by atoms with Crippen LogP contribution in [0.3, 0.4) is 0 Å². The van der Waals surface area contributed by atoms with Crippen LogP contribution < -0.4 is 10.2 Å². The van der Waals surface area contributed by atoms with Gasteiger partial charge in [-0.25, -0.2) is 4.39 Å². The molecule has 2 heterocycles. The van der Waals surface area contributed by atoms with Crippen LogP contribution in [0.2, 0.25) is 0 Å². The molecule has 1 atom stereocenters. The highest BCUT2D eigenvalue weighted by Gasteiger charge is 2.31. The first kappa shape index (κ1) is 18.1. The number of carbonyl (C=O) groups is 1. The number of nitrogens with one attached hydrogen (secondary N) is 1. The number of aromatic nitrogens is 2. The highest BCUT2D eigenvalue weighted by atomic mass is 19.1. The van der Waals surface area contributed by atoms with Crippen LogP contribution in [0.25, 0.3) is 0 Å². The Kier molecular flexibility index (Phi) is 5.02. The molecule has 142 valence electrons. The van der Waals surface area contributed by atoms with E-state index >= 15 is 0 Å². The van der Waals surface area contributed by atoms with E-state index in [1.54, 1.807) is 29.2 Å². The molecule has 0 saturated heterocycles. The molecule has 0 bridgehead atoms. The second-order valence-corrected chi connectivity index (χ2v) is 6.93. The van der Waals surface area contributed by atoms with Crippen molar-refractivity contribution in [1.82, 2.24) is 10.2 Å². The number of halogens is 1. The van der Waals surface area contributed by atoms with Gasteiger partial charge in [-0.05, 0) is 55.2 Å². The van der Waals surface area contributed by atoms with Gasteiger partial charge in [0.15, 0.2) is 5.69 Å². The van der Waals surface area contributed by atoms with E-state index in [1.807, 2.05) is 37.3 Å². The lowest BCUT2D eigenvalue weighted by atomic mass is 10.1. The Morgan fingerprint density at radius 2 is 1.89 bits per heavy atom. The summed E-state index contributed by atoms with van der Waals surface area (Å²) in [4.78, 5) is 14.7. The Labute approximate surface area is 163 Å². The zero-order valence-corrected chi connectivity index (χ0v) is 15.6. The molecule has 1 aliphatic heterocycles. The third-order valence-electron chi connectivity index (χ3n) is 4.97. The number of fused-ring (bicyclic) bond motifs is 1. The first-order chi connectivity index (χ1) is 13.6. The predicted octanol–water partition coefficient (Wildman–Crippen LogP) is 3.86. The third kappa shape index (κ3) is 3.58. The van der Waals surface area contributed by atoms with Crippen LogP contribution in [0.4, 0.5) is 15.9 Å². The van der Waals surface area contributed by atoms with Gasteiger partial charge >= 0.3 is 0 Å². The molecule has 6 heteroatoms. The molecule has 1 aliphatic rings. The van der Waals surface area contributed by atoms with Crippen LogP contribution >= 0.6 is 0 Å². The molecule has 1 aromatic heterocycles. The summed E-state index contributed by atoms with van der Waals surface area (Å²) in [6.07, 6.45) is 1.38. The first-order valence-electron chi connectivity index (χ1n) is 9.36. The van der Waals surface area contributed by atoms with Crippen LogP contribution in [0.1, 0.15) is 28.5 Å². The van der Waals surface area contributed by atoms with Gasteiger partial charge in [0.05, 0.1) is 0 Å². The predicted molar refractivity (Wildman–Crippen MR) is 107 cm³/mol. The van der Waals surface area contributed by atoms with E-state index in [-0.39, 0.29) is 17.8 Å². The van der Waals surface area contributed by atoms with Crippen molar-refractivity contribution in [1.29, 1.82) is 0 Å². The Morgan fingerprint density at radius 3 is 2.68 bits per heavy atom. The summed E-state index contributed by atoms with van der Waals surface area (Å²) in [6.45, 7) is 2.56. The molecule has 0 radical (unpaired) electrons. The maximum atomic E-state index is 13.6. The van der Waals surface area contributed by atoms with E-state index in [1.165, 1.54) is 11.6 Å². The molecule has 28 heavy (non-hydrogen) atoms. The van der Waals surface area contributed by atoms with Gasteiger partial charge in [-0.3, -0.25) is 4.79 Å². The standard InChI is InChI=1S/C22H21FN4O/c1-15-14-17-7-3-5-9-20(17)27(15)22(28)19-10-11-21(26-25-19)24-13-12-16-6-2-4-8-18(16)23/h2-11,15H,12-14H2,1H3,(H,24,26). The van der Waals surface area contributed by atoms with Crippen molar-refractivity contribution < 1.29 is 9.18 Å². The summed E-state index contributed by atoms with van der Waals surface area (Å²) < 4.78 is 13.6. The number of hydrogen-bond donors (Lipinski definition) is 1. The number of rotatable bonds is 5. The van der Waals surface area contributed by atoms with Gasteiger partial charge in [0.25, 0.3) is 5.91 Å². The van der Waals surface area contributed by atoms with Crippen molar-refractivity contribution in [3.05, 3.63) is 83.3 Å². The lowest BCUT2D eigenvalue weighted by Gasteiger charge is -2.22. The van der Waals surface area contributed by atoms with Crippen molar-refractivity contribution in [3.8, 4) is 0 Å². The SMILES string of the molecule is CC1Cc2ccccc2N1C(=O)c1ccc(NCCc2ccccc2F)nn1. The summed E-state index contributed by atoms with van der Waals surface area (Å²) in [5.41, 5.74) is 3.07. The molecular weight excluding hydrogens is 355 g/mol. The lowest BCUT2D eigenvalue weighted by molar-refractivity contribution is 0.0975. The number of amides is 1. The van der Waals surface area contributed by atoms with Crippen molar-refractivity contribution in [2.45, 2.75) is 25.8 Å². The fourth-order valence-electron chi connectivity index (χ4n) is 3.57. The van der Waals surface area contributed by atoms with Gasteiger partial charge in [-0.15, -0.1) is 10.2 Å². The maximum Gasteiger partial charge on any atom is 0.279 e. The Hall–Kier alpha value is -3.28. The third-order valence-corrected chi connectivity index (χ3v) is 4.97. The van der Waals surface area contributed by atoms with Gasteiger partial charge in [0, 0.05) is 18.3 Å². The van der Waals surface area contributed by atoms with Gasteiger partial charge in [0.2, 0.25) is 0 Å². The largest absolute Gasteiger partial charge is 0.368 e. The molecule has 0 saturated carbocycles. The average molecular weight is 376 g/mol. The number of carbonyl (C=O) groups excluding carboxylic acids is 1. The highest BCUT2D eigenvalue weighted by molar-refractivity contribution is 6.06. The van der Waals surface area contributed by atoms with Gasteiger partial charge in [0.1, 0.15) is 11.6 Å². The minimum atomic E-state index is -0.212. The Morgan fingerprint density at radius 1 is 1.11 bits per heavy atom.